The molecule has 0 aromatic heterocycles. The van der Waals surface area contributed by atoms with E-state index < -0.39 is 0 Å². The van der Waals surface area contributed by atoms with Gasteiger partial charge in [-0.05, 0) is 44.6 Å². The van der Waals surface area contributed by atoms with Gasteiger partial charge in [0.05, 0.1) is 0 Å². The molecule has 1 unspecified atom stereocenters. The molecule has 1 N–H and O–H groups in total. The normalized spacial score (nSPS) is 31.2. The summed E-state index contributed by atoms with van der Waals surface area (Å²) in [5.41, 5.74) is 0.738. The summed E-state index contributed by atoms with van der Waals surface area (Å²) >= 11 is 0. The third kappa shape index (κ3) is 3.18. The molecule has 2 heteroatoms. The van der Waals surface area contributed by atoms with Crippen LogP contribution in [-0.4, -0.2) is 37.1 Å². The second kappa shape index (κ2) is 4.84. The molecule has 0 radical (unpaired) electrons. The molecule has 2 fully saturated rings. The Bertz CT molecular complexity index is 199. The monoisotopic (exact) mass is 210 g/mol. The van der Waals surface area contributed by atoms with Gasteiger partial charge in [-0.3, -0.25) is 0 Å². The highest BCUT2D eigenvalue weighted by Crippen LogP contribution is 2.50. The van der Waals surface area contributed by atoms with Gasteiger partial charge in [-0.1, -0.05) is 13.3 Å². The fraction of sp³-hybridized carbons (Fsp3) is 1.00. The van der Waals surface area contributed by atoms with Gasteiger partial charge in [-0.15, -0.1) is 0 Å². The van der Waals surface area contributed by atoms with E-state index >= 15 is 0 Å². The standard InChI is InChI=1S/C13H26N2/c1-3-5-13(6-7-13)11-15-9-4-12(2)14-8-10-15/h12,14H,3-11H2,1-2H3. The zero-order valence-electron chi connectivity index (χ0n) is 10.4. The number of hydrogen-bond acceptors (Lipinski definition) is 2. The summed E-state index contributed by atoms with van der Waals surface area (Å²) in [7, 11) is 0. The van der Waals surface area contributed by atoms with Crippen molar-refractivity contribution in [1.29, 1.82) is 0 Å². The molecule has 2 aliphatic rings. The van der Waals surface area contributed by atoms with E-state index in [-0.39, 0.29) is 0 Å². The minimum Gasteiger partial charge on any atom is -0.313 e. The lowest BCUT2D eigenvalue weighted by Gasteiger charge is -2.25. The first kappa shape index (κ1) is 11.4. The molecule has 1 aliphatic carbocycles. The highest BCUT2D eigenvalue weighted by molar-refractivity contribution is 4.95. The SMILES string of the molecule is CCCC1(CN2CCNC(C)CC2)CC1. The average molecular weight is 210 g/mol. The Morgan fingerprint density at radius 3 is 2.80 bits per heavy atom. The molecule has 0 aromatic rings. The molecule has 0 aromatic carbocycles. The maximum absolute atomic E-state index is 3.57. The molecule has 1 saturated carbocycles. The lowest BCUT2D eigenvalue weighted by Crippen LogP contribution is -2.33. The van der Waals surface area contributed by atoms with Crippen LogP contribution in [0, 0.1) is 5.41 Å². The molecule has 88 valence electrons. The van der Waals surface area contributed by atoms with Crippen LogP contribution in [0.3, 0.4) is 0 Å². The molecule has 2 nitrogen and oxygen atoms in total. The van der Waals surface area contributed by atoms with Gasteiger partial charge in [0, 0.05) is 25.7 Å². The maximum atomic E-state index is 3.57. The van der Waals surface area contributed by atoms with E-state index in [1.54, 1.807) is 0 Å². The third-order valence-electron chi connectivity index (χ3n) is 4.10. The molecule has 0 amide bonds. The van der Waals surface area contributed by atoms with Crippen LogP contribution in [0.5, 0.6) is 0 Å². The van der Waals surface area contributed by atoms with Gasteiger partial charge in [0.2, 0.25) is 0 Å². The largest absolute Gasteiger partial charge is 0.313 e. The van der Waals surface area contributed by atoms with Crippen molar-refractivity contribution in [1.82, 2.24) is 10.2 Å². The van der Waals surface area contributed by atoms with E-state index in [4.69, 9.17) is 0 Å². The lowest BCUT2D eigenvalue weighted by atomic mass is 10.00. The van der Waals surface area contributed by atoms with Crippen LogP contribution in [0.25, 0.3) is 0 Å². The summed E-state index contributed by atoms with van der Waals surface area (Å²) in [5.74, 6) is 0. The van der Waals surface area contributed by atoms with Crippen LogP contribution in [0.1, 0.15) is 46.0 Å². The minimum absolute atomic E-state index is 0.719. The minimum atomic E-state index is 0.719. The van der Waals surface area contributed by atoms with Crippen molar-refractivity contribution in [2.24, 2.45) is 5.41 Å². The molecule has 0 bridgehead atoms. The Kier molecular flexibility index (Phi) is 3.68. The van der Waals surface area contributed by atoms with Crippen molar-refractivity contribution in [3.63, 3.8) is 0 Å². The zero-order valence-corrected chi connectivity index (χ0v) is 10.4. The van der Waals surface area contributed by atoms with E-state index in [9.17, 15) is 0 Å². The predicted molar refractivity (Wildman–Crippen MR) is 65.1 cm³/mol. The van der Waals surface area contributed by atoms with Gasteiger partial charge < -0.3 is 10.2 Å². The van der Waals surface area contributed by atoms with Gasteiger partial charge >= 0.3 is 0 Å². The number of nitrogens with one attached hydrogen (secondary N) is 1. The first-order valence-corrected chi connectivity index (χ1v) is 6.70. The van der Waals surface area contributed by atoms with Gasteiger partial charge in [-0.25, -0.2) is 0 Å². The number of nitrogens with zero attached hydrogens (tertiary/aromatic N) is 1. The third-order valence-corrected chi connectivity index (χ3v) is 4.10. The second-order valence-corrected chi connectivity index (χ2v) is 5.67. The summed E-state index contributed by atoms with van der Waals surface area (Å²) in [6.45, 7) is 9.75. The Hall–Kier alpha value is -0.0800. The van der Waals surface area contributed by atoms with Crippen LogP contribution >= 0.6 is 0 Å². The van der Waals surface area contributed by atoms with Crippen molar-refractivity contribution in [3.05, 3.63) is 0 Å². The Morgan fingerprint density at radius 2 is 2.13 bits per heavy atom. The molecule has 1 atom stereocenters. The topological polar surface area (TPSA) is 15.3 Å². The van der Waals surface area contributed by atoms with E-state index in [0.717, 1.165) is 11.5 Å². The molecule has 1 aliphatic heterocycles. The molecule has 1 heterocycles. The second-order valence-electron chi connectivity index (χ2n) is 5.67. The van der Waals surface area contributed by atoms with Crippen molar-refractivity contribution in [2.75, 3.05) is 26.2 Å². The number of rotatable bonds is 4. The molecule has 1 saturated heterocycles. The van der Waals surface area contributed by atoms with Gasteiger partial charge in [-0.2, -0.15) is 0 Å². The van der Waals surface area contributed by atoms with Crippen LogP contribution < -0.4 is 5.32 Å². The number of hydrogen-bond donors (Lipinski definition) is 1. The summed E-state index contributed by atoms with van der Waals surface area (Å²) in [5, 5.41) is 3.57. The Morgan fingerprint density at radius 1 is 1.33 bits per heavy atom. The van der Waals surface area contributed by atoms with Crippen molar-refractivity contribution in [3.8, 4) is 0 Å². The van der Waals surface area contributed by atoms with Crippen LogP contribution in [-0.2, 0) is 0 Å². The maximum Gasteiger partial charge on any atom is 0.0107 e. The van der Waals surface area contributed by atoms with E-state index in [2.05, 4.69) is 24.1 Å². The lowest BCUT2D eigenvalue weighted by molar-refractivity contribution is 0.222. The summed E-state index contributed by atoms with van der Waals surface area (Å²) in [6, 6.07) is 0.719. The smallest absolute Gasteiger partial charge is 0.0107 e. The zero-order chi connectivity index (χ0) is 10.7. The average Bonchev–Trinajstić information content (AvgIpc) is 2.96. The quantitative estimate of drug-likeness (QED) is 0.765. The van der Waals surface area contributed by atoms with Gasteiger partial charge in [0.1, 0.15) is 0 Å². The van der Waals surface area contributed by atoms with Crippen LogP contribution in [0.4, 0.5) is 0 Å². The summed E-state index contributed by atoms with van der Waals surface area (Å²) in [6.07, 6.45) is 7.11. The first-order valence-electron chi connectivity index (χ1n) is 6.70. The first-order chi connectivity index (χ1) is 7.24. The highest BCUT2D eigenvalue weighted by atomic mass is 15.2. The van der Waals surface area contributed by atoms with Crippen LogP contribution in [0.15, 0.2) is 0 Å². The molecular weight excluding hydrogens is 184 g/mol. The molecular formula is C13H26N2. The van der Waals surface area contributed by atoms with E-state index in [0.29, 0.717) is 0 Å². The van der Waals surface area contributed by atoms with Crippen molar-refractivity contribution in [2.45, 2.75) is 52.0 Å². The van der Waals surface area contributed by atoms with Crippen molar-refractivity contribution >= 4 is 0 Å². The Labute approximate surface area is 94.4 Å². The van der Waals surface area contributed by atoms with Crippen LogP contribution in [0.2, 0.25) is 0 Å². The van der Waals surface area contributed by atoms with E-state index in [1.165, 1.54) is 58.3 Å². The molecule has 15 heavy (non-hydrogen) atoms. The van der Waals surface area contributed by atoms with E-state index in [1.807, 2.05) is 0 Å². The summed E-state index contributed by atoms with van der Waals surface area (Å²) < 4.78 is 0. The predicted octanol–water partition coefficient (Wildman–Crippen LogP) is 2.25. The fourth-order valence-corrected chi connectivity index (χ4v) is 2.89. The fourth-order valence-electron chi connectivity index (χ4n) is 2.89. The van der Waals surface area contributed by atoms with Gasteiger partial charge in [0.15, 0.2) is 0 Å². The summed E-state index contributed by atoms with van der Waals surface area (Å²) in [4.78, 5) is 2.69. The van der Waals surface area contributed by atoms with Gasteiger partial charge in [0.25, 0.3) is 0 Å². The molecule has 2 rings (SSSR count). The highest BCUT2D eigenvalue weighted by Gasteiger charge is 2.42. The van der Waals surface area contributed by atoms with Crippen molar-refractivity contribution < 1.29 is 0 Å². The Balaban J connectivity index is 1.78. The molecule has 0 spiro atoms.